The molecule has 1 aliphatic heterocycles. The molecular formula is C35H50F3N7O4. The quantitative estimate of drug-likeness (QED) is 0.332. The summed E-state index contributed by atoms with van der Waals surface area (Å²) < 4.78 is 45.8. The van der Waals surface area contributed by atoms with Gasteiger partial charge in [-0.25, -0.2) is 14.8 Å². The summed E-state index contributed by atoms with van der Waals surface area (Å²) in [5.74, 6) is -0.211. The summed E-state index contributed by atoms with van der Waals surface area (Å²) in [6, 6.07) is 2.63. The molecule has 1 aromatic carbocycles. The number of aromatic nitrogens is 2. The minimum atomic E-state index is -4.53. The summed E-state index contributed by atoms with van der Waals surface area (Å²) >= 11 is 0. The molecule has 0 radical (unpaired) electrons. The van der Waals surface area contributed by atoms with Crippen LogP contribution in [0.3, 0.4) is 0 Å². The number of alkyl halides is 3. The van der Waals surface area contributed by atoms with Crippen LogP contribution in [0.1, 0.15) is 91.5 Å². The molecule has 14 heteroatoms. The van der Waals surface area contributed by atoms with E-state index in [0.29, 0.717) is 63.0 Å². The van der Waals surface area contributed by atoms with E-state index in [2.05, 4.69) is 51.7 Å². The van der Waals surface area contributed by atoms with Gasteiger partial charge in [0.05, 0.1) is 23.2 Å². The number of carbonyl (C=O) groups is 3. The Labute approximate surface area is 286 Å². The topological polar surface area (TPSA) is 129 Å². The predicted octanol–water partition coefficient (Wildman–Crippen LogP) is 5.49. The number of rotatable bonds is 8. The van der Waals surface area contributed by atoms with Crippen molar-refractivity contribution >= 4 is 34.6 Å². The maximum absolute atomic E-state index is 13.9. The lowest BCUT2D eigenvalue weighted by Gasteiger charge is -2.45. The molecule has 4 atom stereocenters. The number of halogens is 3. The zero-order valence-electron chi connectivity index (χ0n) is 29.3. The molecule has 5 rings (SSSR count). The number of alkyl carbamates (subject to hydrolysis) is 1. The van der Waals surface area contributed by atoms with Crippen molar-refractivity contribution in [3.05, 3.63) is 30.1 Å². The molecule has 2 aromatic rings. The summed E-state index contributed by atoms with van der Waals surface area (Å²) in [6.45, 7) is 10.2. The van der Waals surface area contributed by atoms with Crippen molar-refractivity contribution in [2.24, 2.45) is 5.92 Å². The Kier molecular flexibility index (Phi) is 10.9. The number of amides is 3. The van der Waals surface area contributed by atoms with Crippen molar-refractivity contribution in [1.82, 2.24) is 30.4 Å². The molecule has 2 aliphatic carbocycles. The summed E-state index contributed by atoms with van der Waals surface area (Å²) in [5, 5.41) is 9.58. The molecule has 270 valence electrons. The normalized spacial score (nSPS) is 26.7. The van der Waals surface area contributed by atoms with Crippen LogP contribution in [0.5, 0.6) is 0 Å². The highest BCUT2D eigenvalue weighted by Crippen LogP contribution is 2.35. The van der Waals surface area contributed by atoms with Crippen LogP contribution in [0.2, 0.25) is 0 Å². The van der Waals surface area contributed by atoms with Gasteiger partial charge in [-0.05, 0) is 111 Å². The predicted molar refractivity (Wildman–Crippen MR) is 180 cm³/mol. The number of hydrogen-bond donors (Lipinski definition) is 3. The summed E-state index contributed by atoms with van der Waals surface area (Å²) in [5.41, 5.74) is -1.05. The highest BCUT2D eigenvalue weighted by Gasteiger charge is 2.44. The fourth-order valence-electron chi connectivity index (χ4n) is 7.41. The standard InChI is InChI=1S/C35H50F3N7O4/c1-20(2)44(6)24-12-14-29(28(18-24)43-31(46)21-7-10-23(11-8-21)41-33(48)49-34(3,4)5)45-16-15-27(32(45)47)42-30-25-17-22(35(36,37)38)9-13-26(25)39-19-40-30/h9,13,17,19-21,23-24,27-29H,7-8,10-12,14-16,18H2,1-6H3,(H,41,48)(H,43,46)(H,39,40,42)/t21?,23?,24-,27+,28-,29+/m1/s1. The fourth-order valence-corrected chi connectivity index (χ4v) is 7.41. The molecule has 3 fully saturated rings. The van der Waals surface area contributed by atoms with E-state index in [4.69, 9.17) is 4.74 Å². The Morgan fingerprint density at radius 1 is 1.00 bits per heavy atom. The van der Waals surface area contributed by atoms with E-state index in [1.807, 2.05) is 25.7 Å². The largest absolute Gasteiger partial charge is 0.444 e. The highest BCUT2D eigenvalue weighted by atomic mass is 19.4. The van der Waals surface area contributed by atoms with E-state index >= 15 is 0 Å². The van der Waals surface area contributed by atoms with Crippen LogP contribution in [-0.4, -0.2) is 93.1 Å². The molecule has 1 saturated heterocycles. The monoisotopic (exact) mass is 689 g/mol. The Hall–Kier alpha value is -3.68. The Balaban J connectivity index is 1.26. The van der Waals surface area contributed by atoms with E-state index < -0.39 is 29.5 Å². The van der Waals surface area contributed by atoms with Crippen molar-refractivity contribution in [3.8, 4) is 0 Å². The first-order chi connectivity index (χ1) is 23.0. The van der Waals surface area contributed by atoms with Gasteiger partial charge in [0.2, 0.25) is 11.8 Å². The molecule has 0 spiro atoms. The molecule has 0 bridgehead atoms. The van der Waals surface area contributed by atoms with Gasteiger partial charge in [0.25, 0.3) is 0 Å². The molecular weight excluding hydrogens is 639 g/mol. The third-order valence-corrected chi connectivity index (χ3v) is 10.2. The van der Waals surface area contributed by atoms with Gasteiger partial charge >= 0.3 is 12.3 Å². The molecule has 3 aliphatic rings. The van der Waals surface area contributed by atoms with Crippen molar-refractivity contribution < 1.29 is 32.3 Å². The maximum atomic E-state index is 13.9. The highest BCUT2D eigenvalue weighted by molar-refractivity contribution is 5.93. The molecule has 3 amide bonds. The average molecular weight is 690 g/mol. The minimum Gasteiger partial charge on any atom is -0.444 e. The first-order valence-corrected chi connectivity index (χ1v) is 17.4. The molecule has 1 aromatic heterocycles. The molecule has 2 heterocycles. The third kappa shape index (κ3) is 8.92. The van der Waals surface area contributed by atoms with Crippen LogP contribution >= 0.6 is 0 Å². The average Bonchev–Trinajstić information content (AvgIpc) is 3.38. The Morgan fingerprint density at radius 3 is 2.37 bits per heavy atom. The molecule has 49 heavy (non-hydrogen) atoms. The first-order valence-electron chi connectivity index (χ1n) is 17.4. The molecule has 0 unspecified atom stereocenters. The number of nitrogens with zero attached hydrogens (tertiary/aromatic N) is 4. The van der Waals surface area contributed by atoms with Gasteiger partial charge in [-0.15, -0.1) is 0 Å². The van der Waals surface area contributed by atoms with Crippen LogP contribution < -0.4 is 16.0 Å². The number of nitrogens with one attached hydrogen (secondary N) is 3. The van der Waals surface area contributed by atoms with E-state index in [9.17, 15) is 27.6 Å². The molecule has 11 nitrogen and oxygen atoms in total. The summed E-state index contributed by atoms with van der Waals surface area (Å²) in [7, 11) is 2.09. The van der Waals surface area contributed by atoms with Gasteiger partial charge in [-0.3, -0.25) is 9.59 Å². The zero-order chi connectivity index (χ0) is 35.7. The maximum Gasteiger partial charge on any atom is 0.416 e. The van der Waals surface area contributed by atoms with Gasteiger partial charge in [-0.2, -0.15) is 13.2 Å². The lowest BCUT2D eigenvalue weighted by Crippen LogP contribution is -2.59. The third-order valence-electron chi connectivity index (χ3n) is 10.2. The number of ether oxygens (including phenoxy) is 1. The second-order valence-corrected chi connectivity index (χ2v) is 15.1. The van der Waals surface area contributed by atoms with Gasteiger partial charge in [-0.1, -0.05) is 0 Å². The number of benzene rings is 1. The Bertz CT molecular complexity index is 1510. The smallest absolute Gasteiger partial charge is 0.416 e. The fraction of sp³-hybridized carbons (Fsp3) is 0.686. The van der Waals surface area contributed by atoms with Gasteiger partial charge in [0, 0.05) is 36.0 Å². The lowest BCUT2D eigenvalue weighted by molar-refractivity contribution is -0.137. The van der Waals surface area contributed by atoms with E-state index in [-0.39, 0.29) is 53.1 Å². The van der Waals surface area contributed by atoms with Crippen molar-refractivity contribution in [1.29, 1.82) is 0 Å². The second kappa shape index (κ2) is 14.7. The SMILES string of the molecule is CC(C)N(C)[C@@H]1CC[C@H](N2CC[C@H](Nc3ncnc4ccc(C(F)(F)F)cc34)C2=O)[C@H](NC(=O)C2CCC(NC(=O)OC(C)(C)C)CC2)C1. The summed E-state index contributed by atoms with van der Waals surface area (Å²) in [6.07, 6.45) is 1.63. The second-order valence-electron chi connectivity index (χ2n) is 15.1. The van der Waals surface area contributed by atoms with Crippen LogP contribution in [0.4, 0.5) is 23.8 Å². The van der Waals surface area contributed by atoms with Crippen LogP contribution in [-0.2, 0) is 20.5 Å². The minimum absolute atomic E-state index is 0.0344. The number of hydrogen-bond acceptors (Lipinski definition) is 8. The van der Waals surface area contributed by atoms with Crippen molar-refractivity contribution in [3.63, 3.8) is 0 Å². The number of fused-ring (bicyclic) bond motifs is 1. The number of anilines is 1. The molecule has 2 saturated carbocycles. The van der Waals surface area contributed by atoms with E-state index in [1.54, 1.807) is 0 Å². The van der Waals surface area contributed by atoms with E-state index in [1.165, 1.54) is 12.4 Å². The zero-order valence-corrected chi connectivity index (χ0v) is 29.3. The van der Waals surface area contributed by atoms with Crippen molar-refractivity contribution in [2.45, 2.75) is 134 Å². The molecule has 3 N–H and O–H groups in total. The number of likely N-dealkylation sites (tertiary alicyclic amines) is 1. The van der Waals surface area contributed by atoms with Gasteiger partial charge in [0.1, 0.15) is 23.8 Å². The lowest BCUT2D eigenvalue weighted by atomic mass is 9.82. The summed E-state index contributed by atoms with van der Waals surface area (Å²) in [4.78, 5) is 52.3. The van der Waals surface area contributed by atoms with E-state index in [0.717, 1.165) is 18.6 Å². The van der Waals surface area contributed by atoms with Crippen LogP contribution in [0.15, 0.2) is 24.5 Å². The Morgan fingerprint density at radius 2 is 1.71 bits per heavy atom. The van der Waals surface area contributed by atoms with Crippen molar-refractivity contribution in [2.75, 3.05) is 18.9 Å². The van der Waals surface area contributed by atoms with Gasteiger partial charge in [0.15, 0.2) is 0 Å². The first kappa shape index (κ1) is 36.6. The number of carbonyl (C=O) groups excluding carboxylic acids is 3. The van der Waals surface area contributed by atoms with Crippen LogP contribution in [0.25, 0.3) is 10.9 Å². The van der Waals surface area contributed by atoms with Gasteiger partial charge < -0.3 is 30.5 Å². The van der Waals surface area contributed by atoms with Crippen LogP contribution in [0, 0.1) is 5.92 Å².